The van der Waals surface area contributed by atoms with E-state index in [0.29, 0.717) is 6.54 Å². The van der Waals surface area contributed by atoms with Crippen LogP contribution in [0.2, 0.25) is 0 Å². The van der Waals surface area contributed by atoms with Crippen molar-refractivity contribution < 1.29 is 5.11 Å². The van der Waals surface area contributed by atoms with Gasteiger partial charge in [0.15, 0.2) is 0 Å². The van der Waals surface area contributed by atoms with Gasteiger partial charge < -0.3 is 5.11 Å². The molecule has 3 heteroatoms. The normalized spacial score (nSPS) is 13.1. The van der Waals surface area contributed by atoms with E-state index in [1.165, 1.54) is 0 Å². The average molecular weight is 173 g/mol. The molecule has 0 unspecified atom stereocenters. The number of aliphatic hydroxyl groups excluding tert-OH is 1. The number of nitroso groups, excluding NO2 is 1. The summed E-state index contributed by atoms with van der Waals surface area (Å²) >= 11 is 0. The summed E-state index contributed by atoms with van der Waals surface area (Å²) in [6, 6.07) is 0. The minimum Gasteiger partial charge on any atom is -0.396 e. The third-order valence-corrected chi connectivity index (χ3v) is 1.88. The quantitative estimate of drug-likeness (QED) is 0.648. The zero-order valence-corrected chi connectivity index (χ0v) is 8.42. The lowest BCUT2D eigenvalue weighted by Crippen LogP contribution is -2.28. The summed E-state index contributed by atoms with van der Waals surface area (Å²) in [7, 11) is 0. The predicted octanol–water partition coefficient (Wildman–Crippen LogP) is 2.19. The molecule has 72 valence electrons. The zero-order valence-electron chi connectivity index (χ0n) is 8.42. The Morgan fingerprint density at radius 3 is 2.00 bits per heavy atom. The van der Waals surface area contributed by atoms with Gasteiger partial charge in [-0.15, -0.1) is 0 Å². The van der Waals surface area contributed by atoms with Crippen molar-refractivity contribution in [2.24, 2.45) is 16.0 Å². The van der Waals surface area contributed by atoms with Gasteiger partial charge in [0, 0.05) is 6.61 Å². The minimum absolute atomic E-state index is 0.103. The fraction of sp³-hybridized carbons (Fsp3) is 1.00. The van der Waals surface area contributed by atoms with Crippen molar-refractivity contribution in [1.82, 2.24) is 0 Å². The molecule has 0 aromatic heterocycles. The summed E-state index contributed by atoms with van der Waals surface area (Å²) in [6.45, 7) is 8.42. The molecule has 0 aliphatic rings. The summed E-state index contributed by atoms with van der Waals surface area (Å²) in [4.78, 5) is 10.1. The molecule has 0 atom stereocenters. The third-order valence-electron chi connectivity index (χ3n) is 1.88. The fourth-order valence-corrected chi connectivity index (χ4v) is 1.58. The molecule has 0 fully saturated rings. The molecule has 3 nitrogen and oxygen atoms in total. The molecule has 0 heterocycles. The standard InChI is InChI=1S/C9H19NO2/c1-8(2,6-10-12)5-9(3,4)7-11/h11H,5-7H2,1-4H3. The molecule has 0 bridgehead atoms. The molecule has 0 aliphatic heterocycles. The smallest absolute Gasteiger partial charge is 0.0862 e. The molecule has 0 saturated carbocycles. The maximum absolute atomic E-state index is 10.1. The highest BCUT2D eigenvalue weighted by Crippen LogP contribution is 2.33. The van der Waals surface area contributed by atoms with Crippen LogP contribution < -0.4 is 0 Å². The van der Waals surface area contributed by atoms with E-state index >= 15 is 0 Å². The first kappa shape index (κ1) is 11.6. The molecule has 12 heavy (non-hydrogen) atoms. The second-order valence-electron chi connectivity index (χ2n) is 4.95. The van der Waals surface area contributed by atoms with E-state index in [1.54, 1.807) is 0 Å². The lowest BCUT2D eigenvalue weighted by atomic mass is 9.75. The van der Waals surface area contributed by atoms with Crippen molar-refractivity contribution in [2.45, 2.75) is 34.1 Å². The van der Waals surface area contributed by atoms with Gasteiger partial charge in [-0.2, -0.15) is 4.91 Å². The topological polar surface area (TPSA) is 49.7 Å². The lowest BCUT2D eigenvalue weighted by molar-refractivity contribution is 0.106. The van der Waals surface area contributed by atoms with Crippen LogP contribution >= 0.6 is 0 Å². The third kappa shape index (κ3) is 4.44. The second kappa shape index (κ2) is 3.99. The maximum Gasteiger partial charge on any atom is 0.0862 e. The number of nitrogens with zero attached hydrogens (tertiary/aromatic N) is 1. The first-order valence-electron chi connectivity index (χ1n) is 4.23. The molecular weight excluding hydrogens is 154 g/mol. The first-order chi connectivity index (χ1) is 5.33. The highest BCUT2D eigenvalue weighted by Gasteiger charge is 2.28. The Morgan fingerprint density at radius 2 is 1.67 bits per heavy atom. The SMILES string of the molecule is CC(C)(CO)CC(C)(C)CN=O. The summed E-state index contributed by atoms with van der Waals surface area (Å²) in [5.74, 6) is 0. The summed E-state index contributed by atoms with van der Waals surface area (Å²) in [5.41, 5.74) is -0.220. The van der Waals surface area contributed by atoms with Crippen LogP contribution in [0.3, 0.4) is 0 Å². The molecule has 0 radical (unpaired) electrons. The summed E-state index contributed by atoms with van der Waals surface area (Å²) < 4.78 is 0. The first-order valence-corrected chi connectivity index (χ1v) is 4.23. The van der Waals surface area contributed by atoms with Crippen molar-refractivity contribution in [3.63, 3.8) is 0 Å². The Morgan fingerprint density at radius 1 is 1.17 bits per heavy atom. The van der Waals surface area contributed by atoms with Gasteiger partial charge in [-0.1, -0.05) is 32.9 Å². The van der Waals surface area contributed by atoms with Crippen molar-refractivity contribution in [2.75, 3.05) is 13.2 Å². The number of hydrogen-bond donors (Lipinski definition) is 1. The molecule has 0 rings (SSSR count). The van der Waals surface area contributed by atoms with Crippen LogP contribution in [0, 0.1) is 15.7 Å². The maximum atomic E-state index is 10.1. The Balaban J connectivity index is 4.12. The van der Waals surface area contributed by atoms with Crippen molar-refractivity contribution in [1.29, 1.82) is 0 Å². The predicted molar refractivity (Wildman–Crippen MR) is 49.9 cm³/mol. The van der Waals surface area contributed by atoms with Gasteiger partial charge >= 0.3 is 0 Å². The Kier molecular flexibility index (Phi) is 3.84. The van der Waals surface area contributed by atoms with E-state index in [-0.39, 0.29) is 17.4 Å². The van der Waals surface area contributed by atoms with Gasteiger partial charge in [0.25, 0.3) is 0 Å². The van der Waals surface area contributed by atoms with E-state index in [2.05, 4.69) is 5.18 Å². The van der Waals surface area contributed by atoms with Gasteiger partial charge in [-0.05, 0) is 17.3 Å². The lowest BCUT2D eigenvalue weighted by Gasteiger charge is -2.31. The van der Waals surface area contributed by atoms with Gasteiger partial charge in [0.05, 0.1) is 6.54 Å². The molecule has 0 aromatic carbocycles. The van der Waals surface area contributed by atoms with Crippen molar-refractivity contribution >= 4 is 0 Å². The van der Waals surface area contributed by atoms with Crippen LogP contribution in [0.1, 0.15) is 34.1 Å². The van der Waals surface area contributed by atoms with E-state index in [4.69, 9.17) is 5.11 Å². The van der Waals surface area contributed by atoms with Crippen molar-refractivity contribution in [3.05, 3.63) is 4.91 Å². The molecule has 0 saturated heterocycles. The van der Waals surface area contributed by atoms with Gasteiger partial charge in [0.2, 0.25) is 0 Å². The largest absolute Gasteiger partial charge is 0.396 e. The molecule has 1 N–H and O–H groups in total. The highest BCUT2D eigenvalue weighted by atomic mass is 16.3. The molecular formula is C9H19NO2. The number of rotatable bonds is 5. The second-order valence-corrected chi connectivity index (χ2v) is 4.95. The van der Waals surface area contributed by atoms with Crippen LogP contribution in [0.25, 0.3) is 0 Å². The van der Waals surface area contributed by atoms with Crippen LogP contribution in [0.4, 0.5) is 0 Å². The highest BCUT2D eigenvalue weighted by molar-refractivity contribution is 4.80. The van der Waals surface area contributed by atoms with Crippen LogP contribution in [-0.2, 0) is 0 Å². The van der Waals surface area contributed by atoms with Crippen LogP contribution in [0.5, 0.6) is 0 Å². The number of aliphatic hydroxyl groups is 1. The minimum atomic E-state index is -0.117. The Labute approximate surface area is 74.1 Å². The molecule has 0 aromatic rings. The van der Waals surface area contributed by atoms with Crippen LogP contribution in [0.15, 0.2) is 5.18 Å². The van der Waals surface area contributed by atoms with Gasteiger partial charge in [-0.3, -0.25) is 0 Å². The average Bonchev–Trinajstić information content (AvgIpc) is 1.85. The van der Waals surface area contributed by atoms with Crippen molar-refractivity contribution in [3.8, 4) is 0 Å². The van der Waals surface area contributed by atoms with E-state index in [1.807, 2.05) is 27.7 Å². The molecule has 0 spiro atoms. The summed E-state index contributed by atoms with van der Waals surface area (Å²) in [6.07, 6.45) is 0.808. The molecule has 0 amide bonds. The van der Waals surface area contributed by atoms with Gasteiger partial charge in [0.1, 0.15) is 0 Å². The van der Waals surface area contributed by atoms with E-state index in [0.717, 1.165) is 6.42 Å². The van der Waals surface area contributed by atoms with E-state index in [9.17, 15) is 4.91 Å². The van der Waals surface area contributed by atoms with Crippen LogP contribution in [-0.4, -0.2) is 18.3 Å². The monoisotopic (exact) mass is 173 g/mol. The Bertz CT molecular complexity index is 153. The number of hydrogen-bond acceptors (Lipinski definition) is 3. The van der Waals surface area contributed by atoms with Gasteiger partial charge in [-0.25, -0.2) is 0 Å². The van der Waals surface area contributed by atoms with E-state index < -0.39 is 0 Å². The molecule has 0 aliphatic carbocycles. The summed E-state index contributed by atoms with van der Waals surface area (Å²) in [5, 5.41) is 11.9. The zero-order chi connectivity index (χ0) is 9.83. The Hall–Kier alpha value is -0.440. The fourth-order valence-electron chi connectivity index (χ4n) is 1.58.